The Morgan fingerprint density at radius 2 is 2.19 bits per heavy atom. The lowest BCUT2D eigenvalue weighted by Crippen LogP contribution is -2.29. The van der Waals surface area contributed by atoms with Crippen molar-refractivity contribution in [2.24, 2.45) is 0 Å². The van der Waals surface area contributed by atoms with Crippen molar-refractivity contribution < 1.29 is 0 Å². The van der Waals surface area contributed by atoms with Crippen LogP contribution in [0.25, 0.3) is 0 Å². The molecule has 4 heteroatoms. The molecule has 0 saturated carbocycles. The van der Waals surface area contributed by atoms with Crippen LogP contribution in [-0.4, -0.2) is 16.6 Å². The predicted molar refractivity (Wildman–Crippen MR) is 72.7 cm³/mol. The minimum atomic E-state index is 0.646. The largest absolute Gasteiger partial charge is 0.362 e. The highest BCUT2D eigenvalue weighted by Gasteiger charge is 1.97. The third kappa shape index (κ3) is 5.07. The van der Waals surface area contributed by atoms with E-state index in [9.17, 15) is 0 Å². The first-order valence-electron chi connectivity index (χ1n) is 5.70. The van der Waals surface area contributed by atoms with Crippen LogP contribution in [0.5, 0.6) is 0 Å². The maximum atomic E-state index is 5.16. The normalized spacial score (nSPS) is 9.88. The molecule has 2 N–H and O–H groups in total. The molecule has 0 saturated heterocycles. The Balaban J connectivity index is 2.26. The molecule has 1 aromatic rings. The van der Waals surface area contributed by atoms with Crippen LogP contribution in [-0.2, 0) is 0 Å². The molecule has 88 valence electrons. The van der Waals surface area contributed by atoms with Crippen molar-refractivity contribution in [2.75, 3.05) is 11.9 Å². The van der Waals surface area contributed by atoms with Gasteiger partial charge >= 0.3 is 0 Å². The zero-order chi connectivity index (χ0) is 11.8. The average molecular weight is 237 g/mol. The van der Waals surface area contributed by atoms with Gasteiger partial charge in [0, 0.05) is 12.7 Å². The van der Waals surface area contributed by atoms with Gasteiger partial charge in [0.05, 0.1) is 0 Å². The summed E-state index contributed by atoms with van der Waals surface area (Å²) in [6, 6.07) is 3.93. The van der Waals surface area contributed by atoms with E-state index in [2.05, 4.69) is 22.5 Å². The van der Waals surface area contributed by atoms with Crippen molar-refractivity contribution in [1.29, 1.82) is 0 Å². The smallest absolute Gasteiger partial charge is 0.171 e. The number of nitrogens with zero attached hydrogens (tertiary/aromatic N) is 1. The molecule has 3 nitrogen and oxygen atoms in total. The number of hydrogen-bond acceptors (Lipinski definition) is 2. The Morgan fingerprint density at radius 1 is 1.38 bits per heavy atom. The molecule has 0 atom stereocenters. The number of nitrogens with one attached hydrogen (secondary N) is 2. The van der Waals surface area contributed by atoms with Gasteiger partial charge in [0.2, 0.25) is 0 Å². The highest BCUT2D eigenvalue weighted by atomic mass is 32.1. The lowest BCUT2D eigenvalue weighted by molar-refractivity contribution is 0.697. The first-order chi connectivity index (χ1) is 7.72. The number of thiocarbonyl (C=S) groups is 1. The molecule has 0 unspecified atom stereocenters. The standard InChI is InChI=1S/C12H19N3S/c1-3-4-5-8-13-12(16)15-11-7-6-10(2)9-14-11/h6-7,9H,3-5,8H2,1-2H3,(H2,13,14,15,16). The summed E-state index contributed by atoms with van der Waals surface area (Å²) in [7, 11) is 0. The van der Waals surface area contributed by atoms with Gasteiger partial charge in [-0.05, 0) is 37.2 Å². The summed E-state index contributed by atoms with van der Waals surface area (Å²) in [4.78, 5) is 4.22. The molecule has 1 rings (SSSR count). The second-order valence-electron chi connectivity index (χ2n) is 3.81. The fourth-order valence-corrected chi connectivity index (χ4v) is 1.49. The Hall–Kier alpha value is -1.16. The predicted octanol–water partition coefficient (Wildman–Crippen LogP) is 2.87. The van der Waals surface area contributed by atoms with Gasteiger partial charge in [0.15, 0.2) is 5.11 Å². The molecule has 0 aromatic carbocycles. The molecule has 0 radical (unpaired) electrons. The number of aryl methyl sites for hydroxylation is 1. The first-order valence-corrected chi connectivity index (χ1v) is 6.10. The lowest BCUT2D eigenvalue weighted by atomic mass is 10.2. The van der Waals surface area contributed by atoms with Crippen molar-refractivity contribution >= 4 is 23.1 Å². The lowest BCUT2D eigenvalue weighted by Gasteiger charge is -2.09. The molecule has 1 heterocycles. The summed E-state index contributed by atoms with van der Waals surface area (Å²) in [6.07, 6.45) is 5.43. The molecule has 0 aliphatic carbocycles. The Morgan fingerprint density at radius 3 is 2.81 bits per heavy atom. The molecule has 0 amide bonds. The van der Waals surface area contributed by atoms with Crippen LogP contribution in [0.15, 0.2) is 18.3 Å². The number of unbranched alkanes of at least 4 members (excludes halogenated alkanes) is 2. The summed E-state index contributed by atoms with van der Waals surface area (Å²) in [5.41, 5.74) is 1.15. The van der Waals surface area contributed by atoms with Crippen molar-refractivity contribution in [3.8, 4) is 0 Å². The SMILES string of the molecule is CCCCCNC(=S)Nc1ccc(C)cn1. The van der Waals surface area contributed by atoms with Crippen LogP contribution >= 0.6 is 12.2 Å². The third-order valence-electron chi connectivity index (χ3n) is 2.22. The quantitative estimate of drug-likeness (QED) is 0.610. The summed E-state index contributed by atoms with van der Waals surface area (Å²) in [5, 5.41) is 6.86. The average Bonchev–Trinajstić information content (AvgIpc) is 2.28. The van der Waals surface area contributed by atoms with E-state index < -0.39 is 0 Å². The topological polar surface area (TPSA) is 37.0 Å². The van der Waals surface area contributed by atoms with Crippen LogP contribution in [0.2, 0.25) is 0 Å². The molecule has 0 bridgehead atoms. The van der Waals surface area contributed by atoms with E-state index in [4.69, 9.17) is 12.2 Å². The van der Waals surface area contributed by atoms with Gasteiger partial charge in [0.25, 0.3) is 0 Å². The number of aromatic nitrogens is 1. The van der Waals surface area contributed by atoms with Crippen LogP contribution in [0.1, 0.15) is 31.7 Å². The second kappa shape index (κ2) is 7.17. The molecule has 0 spiro atoms. The molecule has 1 aromatic heterocycles. The number of hydrogen-bond donors (Lipinski definition) is 2. The van der Waals surface area contributed by atoms with E-state index in [1.54, 1.807) is 0 Å². The summed E-state index contributed by atoms with van der Waals surface area (Å²) in [5.74, 6) is 0.790. The molecule has 0 fully saturated rings. The maximum absolute atomic E-state index is 5.16. The molecular formula is C12H19N3S. The van der Waals surface area contributed by atoms with E-state index in [1.807, 2.05) is 25.3 Å². The third-order valence-corrected chi connectivity index (χ3v) is 2.47. The molecule has 0 aliphatic heterocycles. The van der Waals surface area contributed by atoms with Crippen LogP contribution in [0.4, 0.5) is 5.82 Å². The number of anilines is 1. The highest BCUT2D eigenvalue weighted by molar-refractivity contribution is 7.80. The van der Waals surface area contributed by atoms with Crippen LogP contribution < -0.4 is 10.6 Å². The van der Waals surface area contributed by atoms with E-state index in [-0.39, 0.29) is 0 Å². The zero-order valence-electron chi connectivity index (χ0n) is 9.92. The summed E-state index contributed by atoms with van der Waals surface area (Å²) in [6.45, 7) is 5.12. The Labute approximate surface area is 103 Å². The number of pyridine rings is 1. The van der Waals surface area contributed by atoms with Crippen molar-refractivity contribution in [3.05, 3.63) is 23.9 Å². The van der Waals surface area contributed by atoms with Crippen molar-refractivity contribution in [3.63, 3.8) is 0 Å². The Bertz CT molecular complexity index is 322. The van der Waals surface area contributed by atoms with Gasteiger partial charge in [-0.25, -0.2) is 4.98 Å². The minimum absolute atomic E-state index is 0.646. The van der Waals surface area contributed by atoms with Gasteiger partial charge in [-0.15, -0.1) is 0 Å². The second-order valence-corrected chi connectivity index (χ2v) is 4.22. The van der Waals surface area contributed by atoms with Crippen molar-refractivity contribution in [1.82, 2.24) is 10.3 Å². The van der Waals surface area contributed by atoms with Gasteiger partial charge in [-0.2, -0.15) is 0 Å². The first kappa shape index (κ1) is 12.9. The maximum Gasteiger partial charge on any atom is 0.171 e. The van der Waals surface area contributed by atoms with E-state index in [0.29, 0.717) is 5.11 Å². The summed E-state index contributed by atoms with van der Waals surface area (Å²) >= 11 is 5.16. The van der Waals surface area contributed by atoms with Gasteiger partial charge in [0.1, 0.15) is 5.82 Å². The molecule has 0 aliphatic rings. The minimum Gasteiger partial charge on any atom is -0.362 e. The number of rotatable bonds is 5. The van der Waals surface area contributed by atoms with E-state index in [0.717, 1.165) is 24.3 Å². The zero-order valence-corrected chi connectivity index (χ0v) is 10.7. The fourth-order valence-electron chi connectivity index (χ4n) is 1.28. The van der Waals surface area contributed by atoms with Gasteiger partial charge < -0.3 is 10.6 Å². The van der Waals surface area contributed by atoms with Crippen LogP contribution in [0, 0.1) is 6.92 Å². The summed E-state index contributed by atoms with van der Waals surface area (Å²) < 4.78 is 0. The molecular weight excluding hydrogens is 218 g/mol. The monoisotopic (exact) mass is 237 g/mol. The van der Waals surface area contributed by atoms with Crippen LogP contribution in [0.3, 0.4) is 0 Å². The highest BCUT2D eigenvalue weighted by Crippen LogP contribution is 2.03. The van der Waals surface area contributed by atoms with E-state index >= 15 is 0 Å². The van der Waals surface area contributed by atoms with Crippen molar-refractivity contribution in [2.45, 2.75) is 33.1 Å². The van der Waals surface area contributed by atoms with Gasteiger partial charge in [-0.1, -0.05) is 25.8 Å². The van der Waals surface area contributed by atoms with Gasteiger partial charge in [-0.3, -0.25) is 0 Å². The molecule has 16 heavy (non-hydrogen) atoms. The fraction of sp³-hybridized carbons (Fsp3) is 0.500. The van der Waals surface area contributed by atoms with E-state index in [1.165, 1.54) is 12.8 Å². The Kier molecular flexibility index (Phi) is 5.78.